The van der Waals surface area contributed by atoms with Crippen LogP contribution in [0.1, 0.15) is 29.7 Å². The fourth-order valence-electron chi connectivity index (χ4n) is 3.47. The Morgan fingerprint density at radius 2 is 2.00 bits per heavy atom. The molecule has 4 rings (SSSR count). The molecule has 23 heavy (non-hydrogen) atoms. The monoisotopic (exact) mass is 312 g/mol. The summed E-state index contributed by atoms with van der Waals surface area (Å²) in [5.74, 6) is -0.802. The summed E-state index contributed by atoms with van der Waals surface area (Å²) in [4.78, 5) is 23.5. The quantitative estimate of drug-likeness (QED) is 0.477. The maximum Gasteiger partial charge on any atom is 0.338 e. The third-order valence-corrected chi connectivity index (χ3v) is 4.63. The summed E-state index contributed by atoms with van der Waals surface area (Å²) in [6.07, 6.45) is 2.72. The van der Waals surface area contributed by atoms with Crippen molar-refractivity contribution in [2.75, 3.05) is 0 Å². The maximum atomic E-state index is 12.1. The van der Waals surface area contributed by atoms with Crippen molar-refractivity contribution in [3.8, 4) is 0 Å². The fourth-order valence-corrected chi connectivity index (χ4v) is 3.47. The minimum atomic E-state index is -0.771. The van der Waals surface area contributed by atoms with Gasteiger partial charge in [0, 0.05) is 17.6 Å². The summed E-state index contributed by atoms with van der Waals surface area (Å²) in [5, 5.41) is 0. The lowest BCUT2D eigenvalue weighted by molar-refractivity contribution is -0.152. The molecule has 0 spiro atoms. The number of carbonyl (C=O) groups excluding carboxylic acids is 2. The molecule has 1 aromatic rings. The molecule has 1 saturated heterocycles. The Morgan fingerprint density at radius 1 is 1.17 bits per heavy atom. The highest BCUT2D eigenvalue weighted by molar-refractivity contribution is 5.92. The van der Waals surface area contributed by atoms with Crippen LogP contribution in [0.3, 0.4) is 0 Å². The van der Waals surface area contributed by atoms with Crippen molar-refractivity contribution in [1.82, 2.24) is 0 Å². The zero-order valence-electron chi connectivity index (χ0n) is 12.9. The first-order valence-corrected chi connectivity index (χ1v) is 7.59. The Kier molecular flexibility index (Phi) is 3.04. The van der Waals surface area contributed by atoms with Crippen LogP contribution in [-0.2, 0) is 30.2 Å². The van der Waals surface area contributed by atoms with E-state index >= 15 is 0 Å². The van der Waals surface area contributed by atoms with Crippen LogP contribution in [0.4, 0.5) is 0 Å². The molecule has 3 aliphatic rings. The van der Waals surface area contributed by atoms with Crippen molar-refractivity contribution in [2.24, 2.45) is 5.92 Å². The van der Waals surface area contributed by atoms with E-state index in [1.54, 1.807) is 13.0 Å². The molecule has 5 nitrogen and oxygen atoms in total. The predicted molar refractivity (Wildman–Crippen MR) is 80.0 cm³/mol. The number of hydrogen-bond acceptors (Lipinski definition) is 5. The largest absolute Gasteiger partial charge is 0.458 e. The molecule has 0 aromatic heterocycles. The normalized spacial score (nSPS) is 29.9. The number of aryl methyl sites for hydroxylation is 1. The van der Waals surface area contributed by atoms with Gasteiger partial charge in [0.2, 0.25) is 0 Å². The summed E-state index contributed by atoms with van der Waals surface area (Å²) >= 11 is 0. The van der Waals surface area contributed by atoms with E-state index in [2.05, 4.69) is 6.07 Å². The molecule has 2 heterocycles. The lowest BCUT2D eigenvalue weighted by atomic mass is 9.97. The van der Waals surface area contributed by atoms with Crippen molar-refractivity contribution in [3.05, 3.63) is 58.4 Å². The van der Waals surface area contributed by atoms with Gasteiger partial charge in [-0.1, -0.05) is 18.2 Å². The van der Waals surface area contributed by atoms with E-state index in [0.717, 1.165) is 17.5 Å². The summed E-state index contributed by atoms with van der Waals surface area (Å²) in [7, 11) is 0. The molecular formula is C18H16O5. The van der Waals surface area contributed by atoms with Crippen molar-refractivity contribution >= 4 is 11.9 Å². The second-order valence-electron chi connectivity index (χ2n) is 6.12. The van der Waals surface area contributed by atoms with Gasteiger partial charge in [0.15, 0.2) is 0 Å². The maximum absolute atomic E-state index is 12.1. The SMILES string of the molecule is CC1=C[C@H](OC=C2C(=O)O[C@H]3c4c(C)cccc4C[C@@H]23)OC1=O. The Hall–Kier alpha value is -2.56. The number of ether oxygens (including phenoxy) is 3. The molecule has 0 saturated carbocycles. The number of esters is 2. The Labute approximate surface area is 133 Å². The predicted octanol–water partition coefficient (Wildman–Crippen LogP) is 2.49. The van der Waals surface area contributed by atoms with Crippen molar-refractivity contribution in [3.63, 3.8) is 0 Å². The first kappa shape index (κ1) is 14.1. The van der Waals surface area contributed by atoms with E-state index in [9.17, 15) is 9.59 Å². The Morgan fingerprint density at radius 3 is 2.74 bits per heavy atom. The Bertz CT molecular complexity index is 774. The van der Waals surface area contributed by atoms with Crippen molar-refractivity contribution in [1.29, 1.82) is 0 Å². The van der Waals surface area contributed by atoms with Gasteiger partial charge in [-0.15, -0.1) is 0 Å². The van der Waals surface area contributed by atoms with Crippen LogP contribution in [0.5, 0.6) is 0 Å². The smallest absolute Gasteiger partial charge is 0.338 e. The number of benzene rings is 1. The topological polar surface area (TPSA) is 61.8 Å². The van der Waals surface area contributed by atoms with E-state index in [1.165, 1.54) is 11.8 Å². The first-order chi connectivity index (χ1) is 11.0. The molecule has 3 atom stereocenters. The molecular weight excluding hydrogens is 296 g/mol. The van der Waals surface area contributed by atoms with Crippen LogP contribution in [0.25, 0.3) is 0 Å². The van der Waals surface area contributed by atoms with E-state index < -0.39 is 12.3 Å². The molecule has 0 bridgehead atoms. The van der Waals surface area contributed by atoms with Gasteiger partial charge in [0.25, 0.3) is 6.29 Å². The lowest BCUT2D eigenvalue weighted by Gasteiger charge is -2.11. The summed E-state index contributed by atoms with van der Waals surface area (Å²) in [6.45, 7) is 3.69. The van der Waals surface area contributed by atoms with Gasteiger partial charge < -0.3 is 14.2 Å². The van der Waals surface area contributed by atoms with Gasteiger partial charge in [0.05, 0.1) is 11.8 Å². The van der Waals surface area contributed by atoms with Crippen LogP contribution in [0.2, 0.25) is 0 Å². The number of fused-ring (bicyclic) bond motifs is 3. The van der Waals surface area contributed by atoms with Gasteiger partial charge in [-0.2, -0.15) is 0 Å². The van der Waals surface area contributed by atoms with Crippen LogP contribution in [0, 0.1) is 12.8 Å². The second kappa shape index (κ2) is 4.98. The van der Waals surface area contributed by atoms with Gasteiger partial charge in [0.1, 0.15) is 6.10 Å². The molecule has 1 aromatic carbocycles. The zero-order valence-corrected chi connectivity index (χ0v) is 12.9. The molecule has 1 fully saturated rings. The van der Waals surface area contributed by atoms with E-state index in [4.69, 9.17) is 14.2 Å². The summed E-state index contributed by atoms with van der Waals surface area (Å²) < 4.78 is 16.0. The van der Waals surface area contributed by atoms with E-state index in [1.807, 2.05) is 19.1 Å². The van der Waals surface area contributed by atoms with Gasteiger partial charge in [-0.25, -0.2) is 9.59 Å². The van der Waals surface area contributed by atoms with Crippen LogP contribution >= 0.6 is 0 Å². The zero-order chi connectivity index (χ0) is 16.1. The third-order valence-electron chi connectivity index (χ3n) is 4.63. The van der Waals surface area contributed by atoms with Crippen molar-refractivity contribution in [2.45, 2.75) is 32.7 Å². The average molecular weight is 312 g/mol. The Balaban J connectivity index is 1.58. The van der Waals surface area contributed by atoms with Gasteiger partial charge in [-0.3, -0.25) is 0 Å². The molecule has 1 aliphatic carbocycles. The molecule has 0 unspecified atom stereocenters. The van der Waals surface area contributed by atoms with Gasteiger partial charge >= 0.3 is 11.9 Å². The first-order valence-electron chi connectivity index (χ1n) is 7.59. The van der Waals surface area contributed by atoms with Crippen LogP contribution < -0.4 is 0 Å². The van der Waals surface area contributed by atoms with E-state index in [-0.39, 0.29) is 18.0 Å². The van der Waals surface area contributed by atoms with Crippen LogP contribution in [-0.4, -0.2) is 18.2 Å². The molecule has 0 radical (unpaired) electrons. The minimum Gasteiger partial charge on any atom is -0.458 e. The minimum absolute atomic E-state index is 0.0409. The highest BCUT2D eigenvalue weighted by Gasteiger charge is 2.47. The number of rotatable bonds is 2. The highest BCUT2D eigenvalue weighted by Crippen LogP contribution is 2.48. The molecule has 5 heteroatoms. The molecule has 2 aliphatic heterocycles. The summed E-state index contributed by atoms with van der Waals surface area (Å²) in [5.41, 5.74) is 4.45. The van der Waals surface area contributed by atoms with Crippen LogP contribution in [0.15, 0.2) is 41.7 Å². The number of carbonyl (C=O) groups is 2. The fraction of sp³-hybridized carbons (Fsp3) is 0.333. The third kappa shape index (κ3) is 2.15. The molecule has 0 N–H and O–H groups in total. The number of hydrogen-bond donors (Lipinski definition) is 0. The standard InChI is InChI=1S/C18H16O5/c1-9-4-3-5-11-7-12-13(18(20)23-16(12)15(9)11)8-21-14-6-10(2)17(19)22-14/h3-6,8,12,14,16H,7H2,1-2H3/t12-,14+,16+/m0/s1. The van der Waals surface area contributed by atoms with Crippen molar-refractivity contribution < 1.29 is 23.8 Å². The van der Waals surface area contributed by atoms with E-state index in [0.29, 0.717) is 11.1 Å². The lowest BCUT2D eigenvalue weighted by Crippen LogP contribution is -2.11. The summed E-state index contributed by atoms with van der Waals surface area (Å²) in [6, 6.07) is 6.11. The van der Waals surface area contributed by atoms with Gasteiger partial charge in [-0.05, 0) is 37.0 Å². The molecule has 0 amide bonds. The molecule has 118 valence electrons. The highest BCUT2D eigenvalue weighted by atomic mass is 16.7. The average Bonchev–Trinajstić information content (AvgIpc) is 3.10. The second-order valence-corrected chi connectivity index (χ2v) is 6.12. The number of cyclic esters (lactones) is 1.